The normalized spacial score (nSPS) is 14.3. The lowest BCUT2D eigenvalue weighted by Crippen LogP contribution is -2.17. The molecule has 1 amide bonds. The molecule has 0 unspecified atom stereocenters. The van der Waals surface area contributed by atoms with Gasteiger partial charge in [0, 0.05) is 12.1 Å². The van der Waals surface area contributed by atoms with Crippen LogP contribution in [0.2, 0.25) is 0 Å². The van der Waals surface area contributed by atoms with Gasteiger partial charge in [-0.15, -0.1) is 10.2 Å². The van der Waals surface area contributed by atoms with Crippen LogP contribution in [0.25, 0.3) is 11.6 Å². The number of carbonyl (C=O) groups is 1. The molecule has 0 aliphatic heterocycles. The van der Waals surface area contributed by atoms with Crippen LogP contribution in [0.4, 0.5) is 11.4 Å². The van der Waals surface area contributed by atoms with Crippen molar-refractivity contribution in [2.24, 2.45) is 0 Å². The molecule has 10 nitrogen and oxygen atoms in total. The molecule has 0 bridgehead atoms. The predicted octanol–water partition coefficient (Wildman–Crippen LogP) is 4.69. The van der Waals surface area contributed by atoms with E-state index in [-0.39, 0.29) is 29.1 Å². The first-order valence-electron chi connectivity index (χ1n) is 10.3. The first-order chi connectivity index (χ1) is 15.6. The van der Waals surface area contributed by atoms with E-state index in [1.54, 1.807) is 6.26 Å². The lowest BCUT2D eigenvalue weighted by molar-refractivity contribution is -0.384. The largest absolute Gasteiger partial charge is 0.494 e. The Morgan fingerprint density at radius 2 is 2.12 bits per heavy atom. The maximum absolute atomic E-state index is 12.6. The topological polar surface area (TPSA) is 125 Å². The van der Waals surface area contributed by atoms with E-state index < -0.39 is 4.92 Å². The van der Waals surface area contributed by atoms with Crippen molar-refractivity contribution in [2.45, 2.75) is 43.3 Å². The van der Waals surface area contributed by atoms with Gasteiger partial charge in [0.2, 0.25) is 11.7 Å². The molecule has 32 heavy (non-hydrogen) atoms. The zero-order chi connectivity index (χ0) is 22.5. The van der Waals surface area contributed by atoms with Crippen molar-refractivity contribution in [3.63, 3.8) is 0 Å². The molecule has 1 aromatic carbocycles. The Hall–Kier alpha value is -3.34. The van der Waals surface area contributed by atoms with Crippen molar-refractivity contribution in [2.75, 3.05) is 18.2 Å². The summed E-state index contributed by atoms with van der Waals surface area (Å²) in [5.74, 6) is 1.36. The summed E-state index contributed by atoms with van der Waals surface area (Å²) >= 11 is 1.29. The molecule has 2 aromatic heterocycles. The monoisotopic (exact) mass is 457 g/mol. The minimum absolute atomic E-state index is 0.100. The number of rotatable bonds is 8. The third-order valence-corrected chi connectivity index (χ3v) is 6.29. The predicted molar refractivity (Wildman–Crippen MR) is 119 cm³/mol. The summed E-state index contributed by atoms with van der Waals surface area (Å²) in [6, 6.07) is 7.98. The van der Waals surface area contributed by atoms with Crippen LogP contribution in [0.15, 0.2) is 46.2 Å². The maximum atomic E-state index is 12.6. The van der Waals surface area contributed by atoms with Gasteiger partial charge in [-0.25, -0.2) is 0 Å². The molecule has 0 spiro atoms. The molecule has 168 valence electrons. The SMILES string of the molecule is COc1cc([N+](=O)[O-])ccc1NC(=O)CSc1nnc(-c2ccco2)n1C1CCCCC1. The molecule has 1 aliphatic rings. The number of anilines is 1. The van der Waals surface area contributed by atoms with Gasteiger partial charge in [-0.3, -0.25) is 19.5 Å². The second-order valence-corrected chi connectivity index (χ2v) is 8.37. The van der Waals surface area contributed by atoms with E-state index in [4.69, 9.17) is 9.15 Å². The number of non-ortho nitro benzene ring substituents is 1. The average molecular weight is 458 g/mol. The van der Waals surface area contributed by atoms with Gasteiger partial charge >= 0.3 is 0 Å². The van der Waals surface area contributed by atoms with Gasteiger partial charge in [-0.05, 0) is 31.0 Å². The molecular weight excluding hydrogens is 434 g/mol. The third kappa shape index (κ3) is 4.77. The molecule has 1 fully saturated rings. The zero-order valence-electron chi connectivity index (χ0n) is 17.5. The van der Waals surface area contributed by atoms with Crippen molar-refractivity contribution >= 4 is 29.0 Å². The summed E-state index contributed by atoms with van der Waals surface area (Å²) < 4.78 is 12.8. The lowest BCUT2D eigenvalue weighted by Gasteiger charge is -2.25. The maximum Gasteiger partial charge on any atom is 0.273 e. The van der Waals surface area contributed by atoms with Crippen LogP contribution >= 0.6 is 11.8 Å². The summed E-state index contributed by atoms with van der Waals surface area (Å²) in [5, 5.41) is 23.0. The minimum atomic E-state index is -0.515. The number of thioether (sulfide) groups is 1. The van der Waals surface area contributed by atoms with E-state index in [1.807, 2.05) is 12.1 Å². The first kappa shape index (κ1) is 21.9. The number of nitro groups is 1. The smallest absolute Gasteiger partial charge is 0.273 e. The summed E-state index contributed by atoms with van der Waals surface area (Å²) in [4.78, 5) is 23.0. The van der Waals surface area contributed by atoms with E-state index in [9.17, 15) is 14.9 Å². The molecule has 1 aliphatic carbocycles. The molecule has 3 aromatic rings. The molecule has 4 rings (SSSR count). The highest BCUT2D eigenvalue weighted by molar-refractivity contribution is 7.99. The van der Waals surface area contributed by atoms with Crippen LogP contribution in [0.1, 0.15) is 38.1 Å². The van der Waals surface area contributed by atoms with Gasteiger partial charge < -0.3 is 14.5 Å². The fraction of sp³-hybridized carbons (Fsp3) is 0.381. The van der Waals surface area contributed by atoms with Crippen LogP contribution < -0.4 is 10.1 Å². The first-order valence-corrected chi connectivity index (χ1v) is 11.3. The van der Waals surface area contributed by atoms with E-state index in [1.165, 1.54) is 43.5 Å². The molecule has 0 atom stereocenters. The summed E-state index contributed by atoms with van der Waals surface area (Å²) in [5.41, 5.74) is 0.258. The van der Waals surface area contributed by atoms with Crippen LogP contribution in [0, 0.1) is 10.1 Å². The number of benzene rings is 1. The quantitative estimate of drug-likeness (QED) is 0.293. The van der Waals surface area contributed by atoms with E-state index in [2.05, 4.69) is 20.1 Å². The highest BCUT2D eigenvalue weighted by atomic mass is 32.2. The number of methoxy groups -OCH3 is 1. The number of hydrogen-bond acceptors (Lipinski definition) is 8. The Morgan fingerprint density at radius 3 is 2.81 bits per heavy atom. The zero-order valence-corrected chi connectivity index (χ0v) is 18.3. The van der Waals surface area contributed by atoms with Crippen LogP contribution in [-0.4, -0.2) is 38.5 Å². The van der Waals surface area contributed by atoms with Crippen molar-refractivity contribution in [3.8, 4) is 17.3 Å². The standard InChI is InChI=1S/C21H23N5O5S/c1-30-18-12-15(26(28)29)9-10-16(18)22-19(27)13-32-21-24-23-20(17-8-5-11-31-17)25(21)14-6-3-2-4-7-14/h5,8-12,14H,2-4,6-7,13H2,1H3,(H,22,27). The van der Waals surface area contributed by atoms with Gasteiger partial charge in [0.15, 0.2) is 10.9 Å². The number of furan rings is 1. The number of amides is 1. The van der Waals surface area contributed by atoms with Crippen LogP contribution in [-0.2, 0) is 4.79 Å². The van der Waals surface area contributed by atoms with E-state index >= 15 is 0 Å². The highest BCUT2D eigenvalue weighted by Gasteiger charge is 2.25. The summed E-state index contributed by atoms with van der Waals surface area (Å²) in [6.45, 7) is 0. The molecule has 1 saturated carbocycles. The lowest BCUT2D eigenvalue weighted by atomic mass is 9.95. The van der Waals surface area contributed by atoms with Crippen LogP contribution in [0.5, 0.6) is 5.75 Å². The molecule has 0 saturated heterocycles. The number of nitro benzene ring substituents is 1. The van der Waals surface area contributed by atoms with E-state index in [0.717, 1.165) is 25.7 Å². The van der Waals surface area contributed by atoms with Crippen molar-refractivity contribution in [1.82, 2.24) is 14.8 Å². The van der Waals surface area contributed by atoms with Gasteiger partial charge in [0.25, 0.3) is 5.69 Å². The third-order valence-electron chi connectivity index (χ3n) is 5.35. The molecule has 0 radical (unpaired) electrons. The Morgan fingerprint density at radius 1 is 1.31 bits per heavy atom. The summed E-state index contributed by atoms with van der Waals surface area (Å²) in [6.07, 6.45) is 7.18. The van der Waals surface area contributed by atoms with Crippen molar-refractivity contribution in [1.29, 1.82) is 0 Å². The fourth-order valence-corrected chi connectivity index (χ4v) is 4.64. The van der Waals surface area contributed by atoms with E-state index in [0.29, 0.717) is 22.4 Å². The Bertz CT molecular complexity index is 1090. The number of hydrogen-bond donors (Lipinski definition) is 1. The number of ether oxygens (including phenoxy) is 1. The van der Waals surface area contributed by atoms with Gasteiger partial charge in [0.1, 0.15) is 5.75 Å². The molecular formula is C21H23N5O5S. The Balaban J connectivity index is 1.49. The molecule has 1 N–H and O–H groups in total. The van der Waals surface area contributed by atoms with Crippen molar-refractivity contribution < 1.29 is 18.9 Å². The fourth-order valence-electron chi connectivity index (χ4n) is 3.83. The number of nitrogens with zero attached hydrogens (tertiary/aromatic N) is 4. The Kier molecular flexibility index (Phi) is 6.74. The minimum Gasteiger partial charge on any atom is -0.494 e. The second-order valence-electron chi connectivity index (χ2n) is 7.42. The Labute approximate surface area is 188 Å². The average Bonchev–Trinajstić information content (AvgIpc) is 3.48. The van der Waals surface area contributed by atoms with Gasteiger partial charge in [0.05, 0.1) is 35.8 Å². The van der Waals surface area contributed by atoms with Gasteiger partial charge in [-0.2, -0.15) is 0 Å². The van der Waals surface area contributed by atoms with Gasteiger partial charge in [-0.1, -0.05) is 31.0 Å². The van der Waals surface area contributed by atoms with Crippen molar-refractivity contribution in [3.05, 3.63) is 46.7 Å². The number of aromatic nitrogens is 3. The number of carbonyl (C=O) groups excluding carboxylic acids is 1. The number of nitrogens with one attached hydrogen (secondary N) is 1. The second kappa shape index (κ2) is 9.86. The van der Waals surface area contributed by atoms with Crippen LogP contribution in [0.3, 0.4) is 0 Å². The molecule has 2 heterocycles. The highest BCUT2D eigenvalue weighted by Crippen LogP contribution is 2.36. The molecule has 11 heteroatoms. The summed E-state index contributed by atoms with van der Waals surface area (Å²) in [7, 11) is 1.40.